The minimum Gasteiger partial charge on any atom is -0.490 e. The zero-order valence-electron chi connectivity index (χ0n) is 21.0. The first kappa shape index (κ1) is 26.5. The van der Waals surface area contributed by atoms with Crippen LogP contribution in [0.3, 0.4) is 0 Å². The normalized spacial score (nSPS) is 11.3. The third-order valence-electron chi connectivity index (χ3n) is 5.76. The van der Waals surface area contributed by atoms with Gasteiger partial charge in [0.2, 0.25) is 0 Å². The molecule has 40 heavy (non-hydrogen) atoms. The Hall–Kier alpha value is -5.06. The van der Waals surface area contributed by atoms with Crippen molar-refractivity contribution in [2.24, 2.45) is 0 Å². The molecule has 1 N–H and O–H groups in total. The van der Waals surface area contributed by atoms with Crippen LogP contribution in [-0.2, 0) is 6.54 Å². The van der Waals surface area contributed by atoms with Gasteiger partial charge >= 0.3 is 6.36 Å². The Morgan fingerprint density at radius 1 is 0.875 bits per heavy atom. The monoisotopic (exact) mass is 548 g/mol. The first-order chi connectivity index (χ1) is 19.3. The van der Waals surface area contributed by atoms with Crippen molar-refractivity contribution < 1.29 is 32.2 Å². The van der Waals surface area contributed by atoms with Gasteiger partial charge in [-0.3, -0.25) is 14.3 Å². The van der Waals surface area contributed by atoms with Crippen molar-refractivity contribution in [1.82, 2.24) is 19.9 Å². The highest BCUT2D eigenvalue weighted by Crippen LogP contribution is 2.26. The SMILES string of the molecule is O=C(NCc1cccnc1)c1ccc2c(c1)ncn2-c1ccc(OCCOc2cccc(OC(F)(F)F)c2)cc1. The molecule has 2 aromatic heterocycles. The Labute approximate surface area is 227 Å². The van der Waals surface area contributed by atoms with E-state index in [0.717, 1.165) is 22.8 Å². The lowest BCUT2D eigenvalue weighted by Crippen LogP contribution is -2.22. The molecule has 0 fully saturated rings. The number of hydrogen-bond donors (Lipinski definition) is 1. The highest BCUT2D eigenvalue weighted by molar-refractivity contribution is 5.97. The topological polar surface area (TPSA) is 87.5 Å². The van der Waals surface area contributed by atoms with Crippen LogP contribution in [-0.4, -0.2) is 40.0 Å². The van der Waals surface area contributed by atoms with Gasteiger partial charge in [-0.25, -0.2) is 4.98 Å². The second kappa shape index (κ2) is 11.8. The number of pyridine rings is 1. The molecule has 0 aliphatic carbocycles. The quantitative estimate of drug-likeness (QED) is 0.225. The number of fused-ring (bicyclic) bond motifs is 1. The van der Waals surface area contributed by atoms with Gasteiger partial charge in [0.15, 0.2) is 0 Å². The maximum absolute atomic E-state index is 12.6. The predicted molar refractivity (Wildman–Crippen MR) is 141 cm³/mol. The van der Waals surface area contributed by atoms with Gasteiger partial charge in [-0.2, -0.15) is 0 Å². The van der Waals surface area contributed by atoms with Gasteiger partial charge in [0.1, 0.15) is 36.8 Å². The number of nitrogens with one attached hydrogen (secondary N) is 1. The zero-order valence-corrected chi connectivity index (χ0v) is 21.0. The van der Waals surface area contributed by atoms with Crippen LogP contribution in [0.25, 0.3) is 16.7 Å². The minimum absolute atomic E-state index is 0.127. The Balaban J connectivity index is 1.15. The third kappa shape index (κ3) is 6.87. The summed E-state index contributed by atoms with van der Waals surface area (Å²) in [5, 5.41) is 2.88. The van der Waals surface area contributed by atoms with E-state index in [2.05, 4.69) is 20.0 Å². The summed E-state index contributed by atoms with van der Waals surface area (Å²) in [6.45, 7) is 0.689. The van der Waals surface area contributed by atoms with Crippen LogP contribution >= 0.6 is 0 Å². The van der Waals surface area contributed by atoms with Gasteiger partial charge in [0, 0.05) is 36.3 Å². The maximum Gasteiger partial charge on any atom is 0.573 e. The first-order valence-corrected chi connectivity index (χ1v) is 12.2. The number of aromatic nitrogens is 3. The molecular weight excluding hydrogens is 525 g/mol. The Morgan fingerprint density at radius 3 is 2.40 bits per heavy atom. The number of nitrogens with zero attached hydrogens (tertiary/aromatic N) is 3. The smallest absolute Gasteiger partial charge is 0.490 e. The van der Waals surface area contributed by atoms with Crippen molar-refractivity contribution in [3.8, 4) is 22.9 Å². The van der Waals surface area contributed by atoms with E-state index in [0.29, 0.717) is 23.4 Å². The number of carbonyl (C=O) groups excluding carboxylic acids is 1. The lowest BCUT2D eigenvalue weighted by molar-refractivity contribution is -0.274. The lowest BCUT2D eigenvalue weighted by Gasteiger charge is -2.12. The number of amides is 1. The summed E-state index contributed by atoms with van der Waals surface area (Å²) in [7, 11) is 0. The van der Waals surface area contributed by atoms with E-state index in [9.17, 15) is 18.0 Å². The summed E-state index contributed by atoms with van der Waals surface area (Å²) in [6, 6.07) is 21.7. The van der Waals surface area contributed by atoms with Gasteiger partial charge in [-0.05, 0) is 66.2 Å². The molecule has 0 aliphatic rings. The molecule has 0 aliphatic heterocycles. The summed E-state index contributed by atoms with van der Waals surface area (Å²) < 4.78 is 54.1. The molecule has 5 rings (SSSR count). The summed E-state index contributed by atoms with van der Waals surface area (Å²) >= 11 is 0. The van der Waals surface area contributed by atoms with Crippen molar-refractivity contribution in [2.75, 3.05) is 13.2 Å². The van der Waals surface area contributed by atoms with E-state index in [1.165, 1.54) is 18.2 Å². The molecule has 3 aromatic carbocycles. The van der Waals surface area contributed by atoms with Crippen LogP contribution in [0, 0.1) is 0 Å². The van der Waals surface area contributed by atoms with Gasteiger partial charge in [0.25, 0.3) is 5.91 Å². The lowest BCUT2D eigenvalue weighted by atomic mass is 10.1. The largest absolute Gasteiger partial charge is 0.573 e. The summed E-state index contributed by atoms with van der Waals surface area (Å²) in [5.74, 6) is 0.280. The Morgan fingerprint density at radius 2 is 1.65 bits per heavy atom. The van der Waals surface area contributed by atoms with Crippen LogP contribution < -0.4 is 19.5 Å². The molecule has 0 bridgehead atoms. The van der Waals surface area contributed by atoms with Crippen molar-refractivity contribution >= 4 is 16.9 Å². The molecule has 1 amide bonds. The second-order valence-electron chi connectivity index (χ2n) is 8.58. The van der Waals surface area contributed by atoms with Crippen molar-refractivity contribution in [1.29, 1.82) is 0 Å². The van der Waals surface area contributed by atoms with Crippen LogP contribution in [0.5, 0.6) is 17.2 Å². The molecule has 0 saturated carbocycles. The molecule has 11 heteroatoms. The molecule has 0 radical (unpaired) electrons. The van der Waals surface area contributed by atoms with Gasteiger partial charge in [-0.15, -0.1) is 13.2 Å². The summed E-state index contributed by atoms with van der Waals surface area (Å²) in [4.78, 5) is 21.1. The number of ether oxygens (including phenoxy) is 3. The fourth-order valence-corrected chi connectivity index (χ4v) is 3.93. The molecule has 204 valence electrons. The predicted octanol–water partition coefficient (Wildman–Crippen LogP) is 5.71. The number of halogens is 3. The summed E-state index contributed by atoms with van der Waals surface area (Å²) in [5.41, 5.74) is 3.78. The van der Waals surface area contributed by atoms with E-state index in [1.54, 1.807) is 43.0 Å². The number of benzene rings is 3. The van der Waals surface area contributed by atoms with E-state index >= 15 is 0 Å². The van der Waals surface area contributed by atoms with Crippen molar-refractivity contribution in [3.05, 3.63) is 109 Å². The fraction of sp³-hybridized carbons (Fsp3) is 0.138. The molecular formula is C29H23F3N4O4. The highest BCUT2D eigenvalue weighted by Gasteiger charge is 2.31. The molecule has 2 heterocycles. The highest BCUT2D eigenvalue weighted by atomic mass is 19.4. The van der Waals surface area contributed by atoms with Gasteiger partial charge in [-0.1, -0.05) is 12.1 Å². The molecule has 5 aromatic rings. The second-order valence-corrected chi connectivity index (χ2v) is 8.58. The number of hydrogen-bond acceptors (Lipinski definition) is 6. The third-order valence-corrected chi connectivity index (χ3v) is 5.76. The molecule has 8 nitrogen and oxygen atoms in total. The van der Waals surface area contributed by atoms with Gasteiger partial charge < -0.3 is 19.5 Å². The van der Waals surface area contributed by atoms with Crippen LogP contribution in [0.2, 0.25) is 0 Å². The first-order valence-electron chi connectivity index (χ1n) is 12.2. The molecule has 0 atom stereocenters. The van der Waals surface area contributed by atoms with E-state index in [-0.39, 0.29) is 30.6 Å². The fourth-order valence-electron chi connectivity index (χ4n) is 3.93. The number of rotatable bonds is 10. The standard InChI is InChI=1S/C29H23F3N4O4/c30-29(31,32)40-25-5-1-4-24(16-25)39-14-13-38-23-9-7-22(8-10-23)36-19-35-26-15-21(6-11-27(26)36)28(37)34-18-20-3-2-12-33-17-20/h1-12,15-17,19H,13-14,18H2,(H,34,37). The Kier molecular flexibility index (Phi) is 7.81. The number of alkyl halides is 3. The zero-order chi connectivity index (χ0) is 28.0. The summed E-state index contributed by atoms with van der Waals surface area (Å²) in [6.07, 6.45) is 0.299. The van der Waals surface area contributed by atoms with Crippen LogP contribution in [0.4, 0.5) is 13.2 Å². The maximum atomic E-state index is 12.6. The van der Waals surface area contributed by atoms with Crippen LogP contribution in [0.15, 0.2) is 97.6 Å². The average molecular weight is 549 g/mol. The number of imidazole rings is 1. The number of carbonyl (C=O) groups is 1. The molecule has 0 unspecified atom stereocenters. The average Bonchev–Trinajstić information content (AvgIpc) is 3.38. The van der Waals surface area contributed by atoms with E-state index < -0.39 is 6.36 Å². The van der Waals surface area contributed by atoms with Gasteiger partial charge in [0.05, 0.1) is 11.0 Å². The molecule has 0 saturated heterocycles. The molecule has 0 spiro atoms. The Bertz CT molecular complexity index is 1590. The van der Waals surface area contributed by atoms with Crippen molar-refractivity contribution in [2.45, 2.75) is 12.9 Å². The van der Waals surface area contributed by atoms with Crippen LogP contribution in [0.1, 0.15) is 15.9 Å². The van der Waals surface area contributed by atoms with Crippen molar-refractivity contribution in [3.63, 3.8) is 0 Å². The van der Waals surface area contributed by atoms with E-state index in [1.807, 2.05) is 34.9 Å². The minimum atomic E-state index is -4.77. The van der Waals surface area contributed by atoms with E-state index in [4.69, 9.17) is 9.47 Å².